The van der Waals surface area contributed by atoms with Gasteiger partial charge in [0.15, 0.2) is 0 Å². The van der Waals surface area contributed by atoms with E-state index in [1.54, 1.807) is 0 Å². The second kappa shape index (κ2) is 5.49. The minimum atomic E-state index is -4.57. The van der Waals surface area contributed by atoms with Crippen molar-refractivity contribution in [3.63, 3.8) is 0 Å². The molecule has 1 aromatic carbocycles. The molecule has 0 aliphatic heterocycles. The number of carbonyl (C=O) groups is 1. The van der Waals surface area contributed by atoms with Crippen molar-refractivity contribution in [2.24, 2.45) is 0 Å². The van der Waals surface area contributed by atoms with Gasteiger partial charge in [-0.15, -0.1) is 0 Å². The third kappa shape index (κ3) is 2.83. The molecule has 1 heterocycles. The van der Waals surface area contributed by atoms with Crippen LogP contribution in [-0.4, -0.2) is 11.0 Å². The first-order valence-electron chi connectivity index (χ1n) is 5.00. The van der Waals surface area contributed by atoms with E-state index in [2.05, 4.69) is 25.9 Å². The smallest absolute Gasteiger partial charge is 0.247 e. The molecule has 1 aromatic heterocycles. The lowest BCUT2D eigenvalue weighted by molar-refractivity contribution is -0.137. The number of thiazole rings is 1. The van der Waals surface area contributed by atoms with Crippen LogP contribution in [0.25, 0.3) is 11.3 Å². The van der Waals surface area contributed by atoms with Gasteiger partial charge in [0.2, 0.25) is 5.01 Å². The number of hydrogen-bond acceptors (Lipinski definition) is 4. The number of hydrogen-bond donors (Lipinski definition) is 0. The molecule has 0 fully saturated rings. The Morgan fingerprint density at radius 3 is 2.55 bits per heavy atom. The third-order valence-corrected chi connectivity index (χ3v) is 4.00. The van der Waals surface area contributed by atoms with Gasteiger partial charge >= 0.3 is 12.1 Å². The summed E-state index contributed by atoms with van der Waals surface area (Å²) in [6, 6.07) is 4.76. The minimum absolute atomic E-state index is 0.0941. The zero-order chi connectivity index (χ0) is 14.9. The fourth-order valence-electron chi connectivity index (χ4n) is 1.52. The lowest BCUT2D eigenvalue weighted by Gasteiger charge is -2.11. The predicted molar refractivity (Wildman–Crippen MR) is 66.8 cm³/mol. The van der Waals surface area contributed by atoms with Gasteiger partial charge in [0.1, 0.15) is 0 Å². The van der Waals surface area contributed by atoms with Crippen LogP contribution in [0.15, 0.2) is 28.1 Å². The Hall–Kier alpha value is -1.48. The molecular formula is C11H4BrF4NO2S. The number of benzene rings is 1. The number of halogens is 5. The van der Waals surface area contributed by atoms with Crippen LogP contribution < -0.4 is 0 Å². The second-order valence-corrected chi connectivity index (χ2v) is 5.87. The van der Waals surface area contributed by atoms with Crippen LogP contribution in [-0.2, 0) is 11.1 Å². The number of aromatic nitrogens is 1. The highest BCUT2D eigenvalue weighted by Crippen LogP contribution is 2.40. The molecule has 2 rings (SSSR count). The number of nitrogens with zero attached hydrogens (tertiary/aromatic N) is 1. The van der Waals surface area contributed by atoms with Crippen molar-refractivity contribution in [1.82, 2.24) is 4.98 Å². The quantitative estimate of drug-likeness (QED) is 0.724. The van der Waals surface area contributed by atoms with Gasteiger partial charge in [0.05, 0.1) is 15.0 Å². The number of alkyl halides is 3. The van der Waals surface area contributed by atoms with E-state index in [0.29, 0.717) is 11.3 Å². The average molecular weight is 370 g/mol. The van der Waals surface area contributed by atoms with Crippen LogP contribution in [0.2, 0.25) is 0 Å². The summed E-state index contributed by atoms with van der Waals surface area (Å²) in [5, 5.41) is -0.383. The van der Waals surface area contributed by atoms with Gasteiger partial charge < -0.3 is 0 Å². The topological polar surface area (TPSA) is 39.2 Å². The first-order chi connectivity index (χ1) is 9.34. The van der Waals surface area contributed by atoms with Gasteiger partial charge in [-0.25, -0.2) is 14.7 Å². The van der Waals surface area contributed by atoms with Gasteiger partial charge in [0, 0.05) is 10.1 Å². The molecule has 0 bridgehead atoms. The maximum Gasteiger partial charge on any atom is 0.417 e. The lowest BCUT2D eigenvalue weighted by atomic mass is 10.1. The van der Waals surface area contributed by atoms with Crippen LogP contribution in [0.4, 0.5) is 17.7 Å². The van der Waals surface area contributed by atoms with Crippen molar-refractivity contribution in [2.45, 2.75) is 6.18 Å². The minimum Gasteiger partial charge on any atom is -0.247 e. The number of carbonyl (C=O) groups excluding carboxylic acids is 1. The summed E-state index contributed by atoms with van der Waals surface area (Å²) in [6.07, 6.45) is -4.57. The van der Waals surface area contributed by atoms with Gasteiger partial charge in [0.25, 0.3) is 0 Å². The summed E-state index contributed by atoms with van der Waals surface area (Å²) in [5.41, 5.74) is -1.20. The molecular weight excluding hydrogens is 366 g/mol. The summed E-state index contributed by atoms with van der Waals surface area (Å²) >= 11 is 3.70. The zero-order valence-electron chi connectivity index (χ0n) is 9.37. The summed E-state index contributed by atoms with van der Waals surface area (Å²) in [5.74, 6) is -1.36. The standard InChI is InChI=1S/C11H4BrF4NO2S/c12-8-7(17-9(20-8)10(18)19-16)5-3-1-2-4-6(5)11(13,14)15/h1-4H. The summed E-state index contributed by atoms with van der Waals surface area (Å²) < 4.78 is 50.7. The SMILES string of the molecule is O=C(OF)c1nc(-c2ccccc2C(F)(F)F)c(Br)s1. The van der Waals surface area contributed by atoms with Crippen LogP contribution in [0.3, 0.4) is 0 Å². The van der Waals surface area contributed by atoms with Crippen molar-refractivity contribution in [3.8, 4) is 11.3 Å². The van der Waals surface area contributed by atoms with Gasteiger partial charge in [-0.3, -0.25) is 0 Å². The predicted octanol–water partition coefficient (Wildman–Crippen LogP) is 4.63. The van der Waals surface area contributed by atoms with Crippen LogP contribution in [0.1, 0.15) is 15.4 Å². The molecule has 3 nitrogen and oxygen atoms in total. The Morgan fingerprint density at radius 2 is 1.95 bits per heavy atom. The van der Waals surface area contributed by atoms with Crippen molar-refractivity contribution in [1.29, 1.82) is 0 Å². The molecule has 0 N–H and O–H groups in total. The van der Waals surface area contributed by atoms with E-state index in [4.69, 9.17) is 0 Å². The average Bonchev–Trinajstić information content (AvgIpc) is 2.79. The largest absolute Gasteiger partial charge is 0.417 e. The summed E-state index contributed by atoms with van der Waals surface area (Å²) in [7, 11) is 0. The Kier molecular flexibility index (Phi) is 4.09. The summed E-state index contributed by atoms with van der Waals surface area (Å²) in [6.45, 7) is 0. The van der Waals surface area contributed by atoms with E-state index in [9.17, 15) is 22.5 Å². The molecule has 9 heteroatoms. The fraction of sp³-hybridized carbons (Fsp3) is 0.0909. The zero-order valence-corrected chi connectivity index (χ0v) is 11.8. The van der Waals surface area contributed by atoms with E-state index in [1.165, 1.54) is 18.2 Å². The molecule has 0 atom stereocenters. The molecule has 0 unspecified atom stereocenters. The Labute approximate surface area is 122 Å². The third-order valence-electron chi connectivity index (χ3n) is 2.32. The van der Waals surface area contributed by atoms with E-state index in [1.807, 2.05) is 0 Å². The molecule has 0 aliphatic rings. The van der Waals surface area contributed by atoms with Crippen molar-refractivity contribution in [3.05, 3.63) is 38.6 Å². The number of rotatable bonds is 2. The molecule has 0 radical (unpaired) electrons. The Bertz CT molecular complexity index is 656. The molecule has 20 heavy (non-hydrogen) atoms. The highest BCUT2D eigenvalue weighted by Gasteiger charge is 2.34. The van der Waals surface area contributed by atoms with Gasteiger partial charge in [-0.2, -0.15) is 13.2 Å². The molecule has 0 amide bonds. The molecule has 106 valence electrons. The first kappa shape index (κ1) is 14.9. The molecule has 0 saturated heterocycles. The van der Waals surface area contributed by atoms with E-state index < -0.39 is 17.7 Å². The fourth-order valence-corrected chi connectivity index (χ4v) is 2.96. The highest BCUT2D eigenvalue weighted by atomic mass is 79.9. The lowest BCUT2D eigenvalue weighted by Crippen LogP contribution is -2.07. The van der Waals surface area contributed by atoms with Crippen molar-refractivity contribution in [2.75, 3.05) is 0 Å². The Morgan fingerprint density at radius 1 is 1.30 bits per heavy atom. The summed E-state index contributed by atoms with van der Waals surface area (Å²) in [4.78, 5) is 17.7. The van der Waals surface area contributed by atoms with Gasteiger partial charge in [-0.1, -0.05) is 29.5 Å². The first-order valence-corrected chi connectivity index (χ1v) is 6.61. The van der Waals surface area contributed by atoms with E-state index in [-0.39, 0.29) is 20.1 Å². The molecule has 2 aromatic rings. The van der Waals surface area contributed by atoms with Crippen LogP contribution >= 0.6 is 27.3 Å². The van der Waals surface area contributed by atoms with E-state index >= 15 is 0 Å². The molecule has 0 saturated carbocycles. The van der Waals surface area contributed by atoms with Gasteiger partial charge in [-0.05, 0) is 22.0 Å². The van der Waals surface area contributed by atoms with Crippen molar-refractivity contribution >= 4 is 33.2 Å². The van der Waals surface area contributed by atoms with Crippen LogP contribution in [0.5, 0.6) is 0 Å². The monoisotopic (exact) mass is 369 g/mol. The molecule has 0 spiro atoms. The van der Waals surface area contributed by atoms with E-state index in [0.717, 1.165) is 6.07 Å². The highest BCUT2D eigenvalue weighted by molar-refractivity contribution is 9.11. The second-order valence-electron chi connectivity index (χ2n) is 3.55. The van der Waals surface area contributed by atoms with Crippen molar-refractivity contribution < 1.29 is 27.4 Å². The molecule has 0 aliphatic carbocycles. The normalized spacial score (nSPS) is 11.4. The maximum absolute atomic E-state index is 12.9. The Balaban J connectivity index is 2.58. The maximum atomic E-state index is 12.9. The van der Waals surface area contributed by atoms with Crippen LogP contribution in [0, 0.1) is 0 Å².